The number of aryl methyl sites for hydroxylation is 1. The molecule has 1 amide bonds. The summed E-state index contributed by atoms with van der Waals surface area (Å²) in [6.07, 6.45) is 2.95. The lowest BCUT2D eigenvalue weighted by Gasteiger charge is -2.12. The first-order chi connectivity index (χ1) is 21.0. The summed E-state index contributed by atoms with van der Waals surface area (Å²) in [4.78, 5) is 37.5. The van der Waals surface area contributed by atoms with Crippen molar-refractivity contribution in [2.45, 2.75) is 19.4 Å². The van der Waals surface area contributed by atoms with Crippen molar-refractivity contribution in [3.8, 4) is 34.1 Å². The Morgan fingerprint density at radius 2 is 1.70 bits per heavy atom. The van der Waals surface area contributed by atoms with Crippen molar-refractivity contribution in [1.29, 1.82) is 0 Å². The summed E-state index contributed by atoms with van der Waals surface area (Å²) < 4.78 is 1.98. The second kappa shape index (κ2) is 12.0. The molecule has 4 N–H and O–H groups in total. The number of phenols is 1. The highest BCUT2D eigenvalue weighted by Crippen LogP contribution is 2.31. The zero-order chi connectivity index (χ0) is 29.8. The van der Waals surface area contributed by atoms with Gasteiger partial charge >= 0.3 is 0 Å². The highest BCUT2D eigenvalue weighted by Gasteiger charge is 2.19. The molecule has 212 valence electrons. The predicted octanol–water partition coefficient (Wildman–Crippen LogP) is 5.50. The summed E-state index contributed by atoms with van der Waals surface area (Å²) in [6.45, 7) is 0.359. The molecule has 0 saturated carbocycles. The average molecular weight is 569 g/mol. The van der Waals surface area contributed by atoms with E-state index < -0.39 is 0 Å². The summed E-state index contributed by atoms with van der Waals surface area (Å²) in [6, 6.07) is 30.2. The van der Waals surface area contributed by atoms with Crippen molar-refractivity contribution >= 4 is 29.2 Å². The maximum absolute atomic E-state index is 12.5. The number of nitrogens with two attached hydrogens (primary N) is 1. The van der Waals surface area contributed by atoms with Gasteiger partial charge in [0, 0.05) is 30.4 Å². The molecule has 0 atom stereocenters. The maximum atomic E-state index is 12.5. The third kappa shape index (κ3) is 5.82. The number of hydrogen-bond acceptors (Lipinski definition) is 7. The van der Waals surface area contributed by atoms with Gasteiger partial charge in [-0.1, -0.05) is 48.5 Å². The van der Waals surface area contributed by atoms with Gasteiger partial charge in [0.1, 0.15) is 17.1 Å². The van der Waals surface area contributed by atoms with E-state index in [0.29, 0.717) is 42.1 Å². The molecule has 43 heavy (non-hydrogen) atoms. The number of nitrogens with one attached hydrogen (secondary N) is 1. The zero-order valence-electron chi connectivity index (χ0n) is 23.1. The standard InChI is InChI=1S/C34H28N6O3/c35-32-27(7-4-18-36-32)33-39-29-16-15-28(24-5-2-1-3-6-24)38-34(29)40(33)26-13-9-23(10-14-26)20-37-31(43)17-11-22-8-12-25(21-41)30(42)19-22/h1-10,12-16,18-19,21,42H,11,17,20H2,(H2,35,36)(H,37,43). The second-order valence-corrected chi connectivity index (χ2v) is 10.1. The molecule has 0 saturated heterocycles. The first-order valence-electron chi connectivity index (χ1n) is 13.8. The highest BCUT2D eigenvalue weighted by atomic mass is 16.3. The third-order valence-corrected chi connectivity index (χ3v) is 7.20. The van der Waals surface area contributed by atoms with Gasteiger partial charge in [-0.05, 0) is 66.1 Å². The molecule has 9 nitrogen and oxygen atoms in total. The molecule has 6 rings (SSSR count). The van der Waals surface area contributed by atoms with E-state index in [-0.39, 0.29) is 23.6 Å². The topological polar surface area (TPSA) is 136 Å². The van der Waals surface area contributed by atoms with Crippen molar-refractivity contribution in [3.63, 3.8) is 0 Å². The minimum absolute atomic E-state index is 0.0838. The smallest absolute Gasteiger partial charge is 0.220 e. The van der Waals surface area contributed by atoms with Gasteiger partial charge in [0.15, 0.2) is 17.8 Å². The van der Waals surface area contributed by atoms with Gasteiger partial charge in [-0.25, -0.2) is 15.0 Å². The van der Waals surface area contributed by atoms with E-state index in [1.807, 2.05) is 83.4 Å². The zero-order valence-corrected chi connectivity index (χ0v) is 23.1. The Morgan fingerprint density at radius 1 is 0.907 bits per heavy atom. The molecule has 0 radical (unpaired) electrons. The van der Waals surface area contributed by atoms with Crippen molar-refractivity contribution in [2.75, 3.05) is 5.73 Å². The van der Waals surface area contributed by atoms with Crippen molar-refractivity contribution in [3.05, 3.63) is 120 Å². The number of nitrogen functional groups attached to an aromatic ring is 1. The number of carbonyl (C=O) groups excluding carboxylic acids is 2. The largest absolute Gasteiger partial charge is 0.507 e. The summed E-state index contributed by atoms with van der Waals surface area (Å²) in [7, 11) is 0. The molecule has 0 spiro atoms. The fourth-order valence-electron chi connectivity index (χ4n) is 4.91. The van der Waals surface area contributed by atoms with Gasteiger partial charge in [-0.3, -0.25) is 14.2 Å². The van der Waals surface area contributed by atoms with Crippen molar-refractivity contribution in [1.82, 2.24) is 24.8 Å². The van der Waals surface area contributed by atoms with E-state index in [2.05, 4.69) is 10.3 Å². The van der Waals surface area contributed by atoms with Crippen LogP contribution in [-0.2, 0) is 17.8 Å². The Morgan fingerprint density at radius 3 is 2.44 bits per heavy atom. The molecule has 0 aliphatic rings. The van der Waals surface area contributed by atoms with Crippen LogP contribution in [0.3, 0.4) is 0 Å². The Bertz CT molecular complexity index is 1930. The number of rotatable bonds is 9. The number of phenolic OH excluding ortho intramolecular Hbond substituents is 1. The molecule has 0 aliphatic carbocycles. The number of pyridine rings is 2. The minimum Gasteiger partial charge on any atom is -0.507 e. The molecular weight excluding hydrogens is 540 g/mol. The Kier molecular flexibility index (Phi) is 7.60. The number of fused-ring (bicyclic) bond motifs is 1. The van der Waals surface area contributed by atoms with Crippen molar-refractivity contribution in [2.24, 2.45) is 0 Å². The van der Waals surface area contributed by atoms with Crippen LogP contribution < -0.4 is 11.1 Å². The second-order valence-electron chi connectivity index (χ2n) is 10.1. The van der Waals surface area contributed by atoms with Crippen LogP contribution in [0.15, 0.2) is 103 Å². The summed E-state index contributed by atoms with van der Waals surface area (Å²) >= 11 is 0. The minimum atomic E-state index is -0.115. The predicted molar refractivity (Wildman–Crippen MR) is 166 cm³/mol. The van der Waals surface area contributed by atoms with Gasteiger partial charge in [0.2, 0.25) is 5.91 Å². The Hall–Kier alpha value is -5.83. The molecule has 0 fully saturated rings. The monoisotopic (exact) mass is 568 g/mol. The van der Waals surface area contributed by atoms with Crippen LogP contribution in [0.4, 0.5) is 5.82 Å². The first-order valence-corrected chi connectivity index (χ1v) is 13.8. The number of carbonyl (C=O) groups is 2. The van der Waals surface area contributed by atoms with Crippen LogP contribution in [0, 0.1) is 0 Å². The molecular formula is C34H28N6O3. The molecule has 3 aromatic carbocycles. The Labute approximate surface area is 247 Å². The fraction of sp³-hybridized carbons (Fsp3) is 0.0882. The molecule has 9 heteroatoms. The van der Waals surface area contributed by atoms with Gasteiger partial charge < -0.3 is 16.2 Å². The summed E-state index contributed by atoms with van der Waals surface area (Å²) in [5.74, 6) is 0.804. The first kappa shape index (κ1) is 27.3. The number of anilines is 1. The maximum Gasteiger partial charge on any atom is 0.220 e. The van der Waals surface area contributed by atoms with Crippen LogP contribution in [0.25, 0.3) is 39.5 Å². The number of aldehydes is 1. The molecule has 0 unspecified atom stereocenters. The molecule has 3 heterocycles. The number of aromatic hydroxyl groups is 1. The number of imidazole rings is 1. The number of nitrogens with zero attached hydrogens (tertiary/aromatic N) is 4. The fourth-order valence-corrected chi connectivity index (χ4v) is 4.91. The van der Waals surface area contributed by atoms with E-state index in [1.165, 1.54) is 6.07 Å². The Balaban J connectivity index is 1.24. The van der Waals surface area contributed by atoms with Crippen LogP contribution in [0.2, 0.25) is 0 Å². The van der Waals surface area contributed by atoms with Crippen LogP contribution in [0.1, 0.15) is 27.9 Å². The van der Waals surface area contributed by atoms with Crippen LogP contribution in [-0.4, -0.2) is 36.8 Å². The summed E-state index contributed by atoms with van der Waals surface area (Å²) in [5, 5.41) is 12.8. The van der Waals surface area contributed by atoms with Crippen LogP contribution >= 0.6 is 0 Å². The van der Waals surface area contributed by atoms with Gasteiger partial charge in [0.05, 0.1) is 16.8 Å². The lowest BCUT2D eigenvalue weighted by atomic mass is 10.1. The lowest BCUT2D eigenvalue weighted by molar-refractivity contribution is -0.121. The number of benzene rings is 3. The van der Waals surface area contributed by atoms with E-state index in [4.69, 9.17) is 15.7 Å². The number of aromatic nitrogens is 4. The average Bonchev–Trinajstić information content (AvgIpc) is 3.42. The van der Waals surface area contributed by atoms with Crippen molar-refractivity contribution < 1.29 is 14.7 Å². The molecule has 0 bridgehead atoms. The van der Waals surface area contributed by atoms with Crippen LogP contribution in [0.5, 0.6) is 5.75 Å². The molecule has 0 aliphatic heterocycles. The van der Waals surface area contributed by atoms with E-state index >= 15 is 0 Å². The van der Waals surface area contributed by atoms with E-state index in [9.17, 15) is 14.7 Å². The highest BCUT2D eigenvalue weighted by molar-refractivity contribution is 5.84. The SMILES string of the molecule is Nc1ncccc1-c1nc2ccc(-c3ccccc3)nc2n1-c1ccc(CNC(=O)CCc2ccc(C=O)c(O)c2)cc1. The molecule has 6 aromatic rings. The number of amides is 1. The summed E-state index contributed by atoms with van der Waals surface area (Å²) in [5.41, 5.74) is 13.0. The lowest BCUT2D eigenvalue weighted by Crippen LogP contribution is -2.23. The van der Waals surface area contributed by atoms with Gasteiger partial charge in [-0.15, -0.1) is 0 Å². The number of hydrogen-bond donors (Lipinski definition) is 3. The van der Waals surface area contributed by atoms with Gasteiger partial charge in [0.25, 0.3) is 0 Å². The van der Waals surface area contributed by atoms with E-state index in [0.717, 1.165) is 33.6 Å². The normalized spacial score (nSPS) is 11.0. The molecule has 3 aromatic heterocycles. The quantitative estimate of drug-likeness (QED) is 0.196. The van der Waals surface area contributed by atoms with Gasteiger partial charge in [-0.2, -0.15) is 0 Å². The van der Waals surface area contributed by atoms with E-state index in [1.54, 1.807) is 18.3 Å². The third-order valence-electron chi connectivity index (χ3n) is 7.20.